The highest BCUT2D eigenvalue weighted by Gasteiger charge is 2.24. The van der Waals surface area contributed by atoms with E-state index < -0.39 is 0 Å². The van der Waals surface area contributed by atoms with Gasteiger partial charge in [0.25, 0.3) is 0 Å². The third-order valence-corrected chi connectivity index (χ3v) is 7.35. The second kappa shape index (κ2) is 14.1. The van der Waals surface area contributed by atoms with Gasteiger partial charge in [-0.25, -0.2) is 4.79 Å². The predicted octanol–water partition coefficient (Wildman–Crippen LogP) is 5.36. The Labute approximate surface area is 208 Å². The molecule has 3 rings (SSSR count). The Morgan fingerprint density at radius 1 is 1.06 bits per heavy atom. The molecule has 0 saturated heterocycles. The van der Waals surface area contributed by atoms with Gasteiger partial charge < -0.3 is 19.9 Å². The van der Waals surface area contributed by atoms with Gasteiger partial charge in [0.15, 0.2) is 0 Å². The number of urea groups is 1. The largest absolute Gasteiger partial charge is 0.382 e. The second-order valence-electron chi connectivity index (χ2n) is 9.02. The van der Waals surface area contributed by atoms with E-state index in [0.29, 0.717) is 39.3 Å². The molecule has 1 fully saturated rings. The van der Waals surface area contributed by atoms with E-state index in [1.54, 1.807) is 16.2 Å². The summed E-state index contributed by atoms with van der Waals surface area (Å²) in [7, 11) is 0. The third kappa shape index (κ3) is 8.44. The number of hydrogen-bond acceptors (Lipinski definition) is 4. The normalized spacial score (nSPS) is 14.1. The van der Waals surface area contributed by atoms with Gasteiger partial charge in [-0.2, -0.15) is 0 Å². The molecule has 1 heterocycles. The molecular formula is C27H39N3O3S. The maximum Gasteiger partial charge on any atom is 0.318 e. The van der Waals surface area contributed by atoms with Gasteiger partial charge in [0.05, 0.1) is 6.54 Å². The molecule has 0 radical (unpaired) electrons. The van der Waals surface area contributed by atoms with E-state index >= 15 is 0 Å². The van der Waals surface area contributed by atoms with Crippen LogP contribution in [-0.4, -0.2) is 54.1 Å². The van der Waals surface area contributed by atoms with Crippen LogP contribution >= 0.6 is 11.3 Å². The fourth-order valence-electron chi connectivity index (χ4n) is 4.31. The fraction of sp³-hybridized carbons (Fsp3) is 0.556. The number of ether oxygens (including phenoxy) is 1. The lowest BCUT2D eigenvalue weighted by atomic mass is 9.96. The summed E-state index contributed by atoms with van der Waals surface area (Å²) < 4.78 is 5.48. The summed E-state index contributed by atoms with van der Waals surface area (Å²) in [5.74, 6) is -0.0353. The number of aryl methyl sites for hydroxylation is 1. The fourth-order valence-corrected chi connectivity index (χ4v) is 5.23. The van der Waals surface area contributed by atoms with Crippen molar-refractivity contribution in [1.29, 1.82) is 0 Å². The van der Waals surface area contributed by atoms with Crippen molar-refractivity contribution in [3.05, 3.63) is 57.8 Å². The van der Waals surface area contributed by atoms with Crippen molar-refractivity contribution >= 4 is 23.3 Å². The van der Waals surface area contributed by atoms with Crippen molar-refractivity contribution < 1.29 is 14.3 Å². The van der Waals surface area contributed by atoms with Gasteiger partial charge in [-0.1, -0.05) is 49.6 Å². The summed E-state index contributed by atoms with van der Waals surface area (Å²) in [6.45, 7) is 6.92. The van der Waals surface area contributed by atoms with Gasteiger partial charge in [0.2, 0.25) is 5.91 Å². The molecule has 1 N–H and O–H groups in total. The SMILES string of the molecule is CCOCCCN(CC(=O)N(Cc1ccccc1)Cc1sccc1C)C(=O)NC1CCCCC1. The van der Waals surface area contributed by atoms with Gasteiger partial charge in [0.1, 0.15) is 6.54 Å². The molecule has 0 unspecified atom stereocenters. The summed E-state index contributed by atoms with van der Waals surface area (Å²) in [5, 5.41) is 5.25. The molecule has 0 aliphatic heterocycles. The minimum atomic E-state index is -0.135. The summed E-state index contributed by atoms with van der Waals surface area (Å²) >= 11 is 1.67. The van der Waals surface area contributed by atoms with E-state index in [0.717, 1.165) is 31.2 Å². The Kier molecular flexibility index (Phi) is 10.9. The molecule has 1 aromatic heterocycles. The number of rotatable bonds is 12. The van der Waals surface area contributed by atoms with E-state index in [1.165, 1.54) is 16.9 Å². The maximum absolute atomic E-state index is 13.6. The number of carbonyl (C=O) groups excluding carboxylic acids is 2. The first-order valence-corrected chi connectivity index (χ1v) is 13.4. The summed E-state index contributed by atoms with van der Waals surface area (Å²) in [5.41, 5.74) is 2.28. The van der Waals surface area contributed by atoms with Gasteiger partial charge in [-0.15, -0.1) is 11.3 Å². The average molecular weight is 486 g/mol. The number of hydrogen-bond donors (Lipinski definition) is 1. The first kappa shape index (κ1) is 26.2. The highest BCUT2D eigenvalue weighted by Crippen LogP contribution is 2.20. The Morgan fingerprint density at radius 3 is 2.50 bits per heavy atom. The first-order chi connectivity index (χ1) is 16.6. The zero-order valence-corrected chi connectivity index (χ0v) is 21.4. The number of benzene rings is 1. The molecule has 186 valence electrons. The first-order valence-electron chi connectivity index (χ1n) is 12.5. The lowest BCUT2D eigenvalue weighted by molar-refractivity contribution is -0.133. The van der Waals surface area contributed by atoms with Crippen molar-refractivity contribution in [3.8, 4) is 0 Å². The van der Waals surface area contributed by atoms with Crippen LogP contribution in [-0.2, 0) is 22.6 Å². The lowest BCUT2D eigenvalue weighted by Crippen LogP contribution is -2.49. The predicted molar refractivity (Wildman–Crippen MR) is 138 cm³/mol. The maximum atomic E-state index is 13.6. The molecule has 0 atom stereocenters. The number of amides is 3. The molecule has 1 saturated carbocycles. The topological polar surface area (TPSA) is 61.9 Å². The van der Waals surface area contributed by atoms with Crippen LogP contribution in [0.1, 0.15) is 61.5 Å². The molecule has 0 spiro atoms. The summed E-state index contributed by atoms with van der Waals surface area (Å²) in [4.78, 5) is 31.5. The summed E-state index contributed by atoms with van der Waals surface area (Å²) in [6, 6.07) is 12.2. The van der Waals surface area contributed by atoms with Crippen molar-refractivity contribution in [2.24, 2.45) is 0 Å². The molecule has 3 amide bonds. The number of thiophene rings is 1. The Balaban J connectivity index is 1.70. The quantitative estimate of drug-likeness (QED) is 0.412. The van der Waals surface area contributed by atoms with Gasteiger partial charge in [-0.3, -0.25) is 4.79 Å². The van der Waals surface area contributed by atoms with Crippen LogP contribution in [0.3, 0.4) is 0 Å². The van der Waals surface area contributed by atoms with Gasteiger partial charge >= 0.3 is 6.03 Å². The zero-order chi connectivity index (χ0) is 24.2. The Hall–Kier alpha value is -2.38. The standard InChI is InChI=1S/C27H39N3O3S/c1-3-33-17-10-16-29(27(32)28-24-13-8-5-9-14-24)21-26(31)30(19-23-11-6-4-7-12-23)20-25-22(2)15-18-34-25/h4,6-7,11-12,15,18,24H,3,5,8-10,13-14,16-17,19-21H2,1-2H3,(H,28,32). The second-order valence-corrected chi connectivity index (χ2v) is 10.0. The minimum absolute atomic E-state index is 0.0353. The van der Waals surface area contributed by atoms with Crippen LogP contribution in [0.5, 0.6) is 0 Å². The van der Waals surface area contributed by atoms with E-state index in [4.69, 9.17) is 4.74 Å². The number of nitrogens with zero attached hydrogens (tertiary/aromatic N) is 2. The molecule has 0 bridgehead atoms. The molecule has 1 aromatic carbocycles. The smallest absolute Gasteiger partial charge is 0.318 e. The zero-order valence-electron chi connectivity index (χ0n) is 20.6. The highest BCUT2D eigenvalue weighted by atomic mass is 32.1. The molecular weight excluding hydrogens is 446 g/mol. The van der Waals surface area contributed by atoms with Gasteiger partial charge in [-0.05, 0) is 55.7 Å². The Morgan fingerprint density at radius 2 is 1.82 bits per heavy atom. The van der Waals surface area contributed by atoms with Crippen molar-refractivity contribution in [3.63, 3.8) is 0 Å². The molecule has 34 heavy (non-hydrogen) atoms. The van der Waals surface area contributed by atoms with E-state index in [2.05, 4.69) is 23.7 Å². The van der Waals surface area contributed by atoms with Crippen molar-refractivity contribution in [1.82, 2.24) is 15.1 Å². The van der Waals surface area contributed by atoms with E-state index in [-0.39, 0.29) is 24.5 Å². The highest BCUT2D eigenvalue weighted by molar-refractivity contribution is 7.10. The van der Waals surface area contributed by atoms with Gasteiger partial charge in [0, 0.05) is 37.2 Å². The van der Waals surface area contributed by atoms with E-state index in [1.807, 2.05) is 42.2 Å². The molecule has 7 heteroatoms. The van der Waals surface area contributed by atoms with Crippen LogP contribution in [0, 0.1) is 6.92 Å². The van der Waals surface area contributed by atoms with Crippen LogP contribution < -0.4 is 5.32 Å². The number of carbonyl (C=O) groups is 2. The van der Waals surface area contributed by atoms with Crippen LogP contribution in [0.15, 0.2) is 41.8 Å². The molecule has 6 nitrogen and oxygen atoms in total. The monoisotopic (exact) mass is 485 g/mol. The molecule has 1 aliphatic carbocycles. The van der Waals surface area contributed by atoms with Crippen LogP contribution in [0.4, 0.5) is 4.79 Å². The van der Waals surface area contributed by atoms with Crippen LogP contribution in [0.25, 0.3) is 0 Å². The minimum Gasteiger partial charge on any atom is -0.382 e. The summed E-state index contributed by atoms with van der Waals surface area (Å²) in [6.07, 6.45) is 6.29. The third-order valence-electron chi connectivity index (χ3n) is 6.34. The lowest BCUT2D eigenvalue weighted by Gasteiger charge is -2.30. The molecule has 1 aliphatic rings. The Bertz CT molecular complexity index is 880. The van der Waals surface area contributed by atoms with Crippen LogP contribution in [0.2, 0.25) is 0 Å². The number of nitrogens with one attached hydrogen (secondary N) is 1. The molecule has 2 aromatic rings. The van der Waals surface area contributed by atoms with Crippen molar-refractivity contribution in [2.75, 3.05) is 26.3 Å². The average Bonchev–Trinajstić information content (AvgIpc) is 3.26. The van der Waals surface area contributed by atoms with Crippen molar-refractivity contribution in [2.45, 2.75) is 71.5 Å². The van der Waals surface area contributed by atoms with E-state index in [9.17, 15) is 9.59 Å².